The zero-order valence-electron chi connectivity index (χ0n) is 15.2. The number of aliphatic carboxylic acids is 1. The van der Waals surface area contributed by atoms with Gasteiger partial charge in [-0.15, -0.1) is 0 Å². The molecule has 142 valence electrons. The van der Waals surface area contributed by atoms with Gasteiger partial charge in [0.05, 0.1) is 12.2 Å². The third-order valence-electron chi connectivity index (χ3n) is 5.16. The van der Waals surface area contributed by atoms with Gasteiger partial charge in [0.1, 0.15) is 6.10 Å². The van der Waals surface area contributed by atoms with Crippen LogP contribution in [0.4, 0.5) is 0 Å². The zero-order chi connectivity index (χ0) is 18.1. The van der Waals surface area contributed by atoms with Crippen molar-refractivity contribution in [3.63, 3.8) is 0 Å². The minimum absolute atomic E-state index is 0.0921. The predicted octanol–water partition coefficient (Wildman–Crippen LogP) is 4.02. The van der Waals surface area contributed by atoms with E-state index < -0.39 is 5.97 Å². The largest absolute Gasteiger partial charge is 0.481 e. The van der Waals surface area contributed by atoms with E-state index in [0.29, 0.717) is 12.3 Å². The summed E-state index contributed by atoms with van der Waals surface area (Å²) in [6, 6.07) is 0. The van der Waals surface area contributed by atoms with Crippen LogP contribution in [-0.4, -0.2) is 34.5 Å². The molecule has 0 amide bonds. The Hall–Kier alpha value is -1.17. The van der Waals surface area contributed by atoms with E-state index in [1.807, 2.05) is 6.08 Å². The molecule has 25 heavy (non-hydrogen) atoms. The monoisotopic (exact) mass is 352 g/mol. The van der Waals surface area contributed by atoms with E-state index in [1.165, 1.54) is 0 Å². The van der Waals surface area contributed by atoms with Crippen molar-refractivity contribution in [2.24, 2.45) is 11.8 Å². The Balaban J connectivity index is 1.78. The maximum Gasteiger partial charge on any atom is 0.303 e. The fourth-order valence-corrected chi connectivity index (χ4v) is 3.72. The number of rotatable bonds is 12. The second-order valence-electron chi connectivity index (χ2n) is 7.19. The summed E-state index contributed by atoms with van der Waals surface area (Å²) in [5.74, 6) is -0.0912. The smallest absolute Gasteiger partial charge is 0.303 e. The molecule has 1 heterocycles. The van der Waals surface area contributed by atoms with Crippen LogP contribution in [0.2, 0.25) is 0 Å². The normalized spacial score (nSPS) is 29.8. The van der Waals surface area contributed by atoms with Crippen molar-refractivity contribution in [3.05, 3.63) is 24.3 Å². The minimum atomic E-state index is -0.741. The summed E-state index contributed by atoms with van der Waals surface area (Å²) in [6.07, 6.45) is 15.8. The van der Waals surface area contributed by atoms with Gasteiger partial charge >= 0.3 is 5.97 Å². The maximum absolute atomic E-state index is 10.5. The third-order valence-corrected chi connectivity index (χ3v) is 5.16. The lowest BCUT2D eigenvalue weighted by Crippen LogP contribution is -2.28. The fourth-order valence-electron chi connectivity index (χ4n) is 3.72. The van der Waals surface area contributed by atoms with Gasteiger partial charge < -0.3 is 10.2 Å². The van der Waals surface area contributed by atoms with Crippen molar-refractivity contribution >= 4 is 5.97 Å². The predicted molar refractivity (Wildman–Crippen MR) is 95.9 cm³/mol. The lowest BCUT2D eigenvalue weighted by Gasteiger charge is -2.27. The first-order valence-corrected chi connectivity index (χ1v) is 9.67. The molecule has 0 radical (unpaired) electrons. The first kappa shape index (κ1) is 20.1. The molecule has 2 bridgehead atoms. The van der Waals surface area contributed by atoms with E-state index >= 15 is 0 Å². The Kier molecular flexibility index (Phi) is 8.65. The van der Waals surface area contributed by atoms with Gasteiger partial charge in [-0.05, 0) is 25.7 Å². The Morgan fingerprint density at radius 1 is 1.20 bits per heavy atom. The number of hydrogen-bond acceptors (Lipinski definition) is 4. The van der Waals surface area contributed by atoms with Crippen LogP contribution < -0.4 is 0 Å². The molecule has 5 heteroatoms. The molecule has 0 spiro atoms. The molecular weight excluding hydrogens is 320 g/mol. The molecule has 1 saturated carbocycles. The van der Waals surface area contributed by atoms with E-state index in [2.05, 4.69) is 25.2 Å². The lowest BCUT2D eigenvalue weighted by atomic mass is 9.89. The molecule has 1 aliphatic carbocycles. The number of carboxylic acids is 1. The molecule has 0 aromatic rings. The van der Waals surface area contributed by atoms with Crippen molar-refractivity contribution in [2.75, 3.05) is 0 Å². The van der Waals surface area contributed by atoms with Crippen molar-refractivity contribution in [2.45, 2.75) is 83.0 Å². The molecule has 1 unspecified atom stereocenters. The van der Waals surface area contributed by atoms with E-state index in [-0.39, 0.29) is 30.7 Å². The average molecular weight is 352 g/mol. The summed E-state index contributed by atoms with van der Waals surface area (Å²) in [6.45, 7) is 2.16. The standard InChI is InChI=1S/C20H32O5/c1-2-3-6-9-15(21)12-13-17-16(18-14-19(17)25-24-18)10-7-4-5-8-11-20(22)23/h4,7,12-13,15-19,21H,2-3,5-6,8-11,14H2,1H3,(H,22,23)/t15-,16+,17+,18-,19?/m0/s1. The zero-order valence-corrected chi connectivity index (χ0v) is 15.2. The third kappa shape index (κ3) is 6.57. The molecule has 2 N–H and O–H groups in total. The van der Waals surface area contributed by atoms with E-state index in [9.17, 15) is 9.90 Å². The number of unbranched alkanes of at least 4 members (excludes halogenated alkanes) is 3. The van der Waals surface area contributed by atoms with E-state index in [4.69, 9.17) is 14.9 Å². The maximum atomic E-state index is 10.5. The van der Waals surface area contributed by atoms with Gasteiger partial charge in [0.2, 0.25) is 0 Å². The molecule has 2 rings (SSSR count). The lowest BCUT2D eigenvalue weighted by molar-refractivity contribution is -0.336. The second kappa shape index (κ2) is 10.7. The Morgan fingerprint density at radius 2 is 2.00 bits per heavy atom. The molecule has 2 fully saturated rings. The first-order chi connectivity index (χ1) is 12.1. The van der Waals surface area contributed by atoms with Crippen molar-refractivity contribution in [1.29, 1.82) is 0 Å². The number of aliphatic hydroxyl groups excluding tert-OH is 1. The summed E-state index contributed by atoms with van der Waals surface area (Å²) in [7, 11) is 0. The quantitative estimate of drug-likeness (QED) is 0.315. The summed E-state index contributed by atoms with van der Waals surface area (Å²) in [4.78, 5) is 21.3. The summed E-state index contributed by atoms with van der Waals surface area (Å²) in [5, 5.41) is 18.7. The number of carboxylic acid groups (broad SMARTS) is 1. The minimum Gasteiger partial charge on any atom is -0.481 e. The SMILES string of the molecule is CCCCC[C@H](O)C=C[C@H]1C2C[C@H](OO2)[C@@H]1CC=CCCCC(=O)O. The van der Waals surface area contributed by atoms with Gasteiger partial charge in [-0.2, -0.15) is 0 Å². The van der Waals surface area contributed by atoms with E-state index in [0.717, 1.165) is 44.9 Å². The van der Waals surface area contributed by atoms with Crippen LogP contribution in [0.5, 0.6) is 0 Å². The molecule has 2 aliphatic rings. The van der Waals surface area contributed by atoms with Gasteiger partial charge in [0.25, 0.3) is 0 Å². The van der Waals surface area contributed by atoms with Crippen molar-refractivity contribution < 1.29 is 24.8 Å². The number of hydrogen-bond donors (Lipinski definition) is 2. The van der Waals surface area contributed by atoms with Crippen LogP contribution in [0.25, 0.3) is 0 Å². The second-order valence-corrected chi connectivity index (χ2v) is 7.19. The van der Waals surface area contributed by atoms with Crippen LogP contribution in [-0.2, 0) is 14.6 Å². The van der Waals surface area contributed by atoms with Gasteiger partial charge in [0, 0.05) is 24.7 Å². The highest BCUT2D eigenvalue weighted by Crippen LogP contribution is 2.44. The number of allylic oxidation sites excluding steroid dienone is 2. The molecule has 5 atom stereocenters. The van der Waals surface area contributed by atoms with Gasteiger partial charge in [-0.25, -0.2) is 9.78 Å². The van der Waals surface area contributed by atoms with Gasteiger partial charge in [-0.1, -0.05) is 50.5 Å². The number of aliphatic hydroxyl groups is 1. The summed E-state index contributed by atoms with van der Waals surface area (Å²) in [5.41, 5.74) is 0. The van der Waals surface area contributed by atoms with Crippen LogP contribution in [0.3, 0.4) is 0 Å². The average Bonchev–Trinajstić information content (AvgIpc) is 3.17. The van der Waals surface area contributed by atoms with Crippen molar-refractivity contribution in [3.8, 4) is 0 Å². The molecule has 0 aromatic heterocycles. The van der Waals surface area contributed by atoms with Crippen LogP contribution in [0.1, 0.15) is 64.7 Å². The number of fused-ring (bicyclic) bond motifs is 2. The fraction of sp³-hybridized carbons (Fsp3) is 0.750. The Bertz CT molecular complexity index is 459. The van der Waals surface area contributed by atoms with Gasteiger partial charge in [0.15, 0.2) is 0 Å². The number of carbonyl (C=O) groups is 1. The Morgan fingerprint density at radius 3 is 2.76 bits per heavy atom. The van der Waals surface area contributed by atoms with Crippen molar-refractivity contribution in [1.82, 2.24) is 0 Å². The van der Waals surface area contributed by atoms with E-state index in [1.54, 1.807) is 0 Å². The van der Waals surface area contributed by atoms with Crippen LogP contribution in [0.15, 0.2) is 24.3 Å². The molecule has 1 saturated heterocycles. The van der Waals surface area contributed by atoms with Crippen LogP contribution in [0, 0.1) is 11.8 Å². The van der Waals surface area contributed by atoms with Gasteiger partial charge in [-0.3, -0.25) is 4.79 Å². The highest BCUT2D eigenvalue weighted by Gasteiger charge is 2.49. The first-order valence-electron chi connectivity index (χ1n) is 9.67. The summed E-state index contributed by atoms with van der Waals surface area (Å²) < 4.78 is 0. The van der Waals surface area contributed by atoms with Crippen LogP contribution >= 0.6 is 0 Å². The molecule has 1 aliphatic heterocycles. The highest BCUT2D eigenvalue weighted by molar-refractivity contribution is 5.66. The highest BCUT2D eigenvalue weighted by atomic mass is 17.2. The molecule has 5 nitrogen and oxygen atoms in total. The molecular formula is C20H32O5. The topological polar surface area (TPSA) is 76.0 Å². The summed E-state index contributed by atoms with van der Waals surface area (Å²) >= 11 is 0. The Labute approximate surface area is 150 Å². The molecule has 0 aromatic carbocycles.